The molecule has 0 amide bonds. The summed E-state index contributed by atoms with van der Waals surface area (Å²) >= 11 is 3.33. The van der Waals surface area contributed by atoms with Gasteiger partial charge in [-0.15, -0.1) is 0 Å². The van der Waals surface area contributed by atoms with Gasteiger partial charge in [-0.2, -0.15) is 0 Å². The molecule has 2 atom stereocenters. The summed E-state index contributed by atoms with van der Waals surface area (Å²) in [5.41, 5.74) is 0.583. The van der Waals surface area contributed by atoms with E-state index in [1.54, 1.807) is 31.2 Å². The highest BCUT2D eigenvalue weighted by Crippen LogP contribution is 2.17. The van der Waals surface area contributed by atoms with Gasteiger partial charge in [0.15, 0.2) is 5.78 Å². The van der Waals surface area contributed by atoms with Crippen LogP contribution in [0.25, 0.3) is 0 Å². The van der Waals surface area contributed by atoms with Crippen LogP contribution in [0, 0.1) is 0 Å². The van der Waals surface area contributed by atoms with Crippen LogP contribution in [-0.4, -0.2) is 15.2 Å². The average molecular weight is 337 g/mol. The van der Waals surface area contributed by atoms with Gasteiger partial charge >= 0.3 is 0 Å². The molecule has 0 spiro atoms. The zero-order valence-corrected chi connectivity index (χ0v) is 12.8. The highest BCUT2D eigenvalue weighted by molar-refractivity contribution is 9.10. The Morgan fingerprint density at radius 3 is 2.21 bits per heavy atom. The number of hydrogen-bond acceptors (Lipinski definition) is 2. The topological polar surface area (TPSA) is 34.1 Å². The molecular formula is C15H13BrO2S. The zero-order valence-electron chi connectivity index (χ0n) is 10.4. The van der Waals surface area contributed by atoms with Crippen molar-refractivity contribution in [2.24, 2.45) is 0 Å². The molecule has 0 aromatic heterocycles. The molecule has 2 nitrogen and oxygen atoms in total. The van der Waals surface area contributed by atoms with E-state index in [-0.39, 0.29) is 5.78 Å². The first kappa shape index (κ1) is 14.2. The number of Topliss-reactive ketones (excluding diaryl/α,β-unsaturated/α-hetero) is 1. The molecule has 2 unspecified atom stereocenters. The second kappa shape index (κ2) is 6.26. The van der Waals surface area contributed by atoms with Crippen LogP contribution in [0.1, 0.15) is 17.3 Å². The normalized spacial score (nSPS) is 13.8. The fraction of sp³-hybridized carbons (Fsp3) is 0.133. The first-order valence-electron chi connectivity index (χ1n) is 5.85. The van der Waals surface area contributed by atoms with Crippen molar-refractivity contribution in [3.8, 4) is 0 Å². The SMILES string of the molecule is CC(C(=O)c1ccc(Br)cc1)S(=O)c1ccccc1. The molecule has 0 heterocycles. The summed E-state index contributed by atoms with van der Waals surface area (Å²) in [7, 11) is -1.33. The summed E-state index contributed by atoms with van der Waals surface area (Å²) in [6.45, 7) is 1.70. The van der Waals surface area contributed by atoms with Crippen LogP contribution < -0.4 is 0 Å². The average Bonchev–Trinajstić information content (AvgIpc) is 2.46. The van der Waals surface area contributed by atoms with Crippen LogP contribution in [0.4, 0.5) is 0 Å². The molecule has 0 N–H and O–H groups in total. The minimum atomic E-state index is -1.33. The van der Waals surface area contributed by atoms with E-state index in [4.69, 9.17) is 0 Å². The predicted octanol–water partition coefficient (Wildman–Crippen LogP) is 3.83. The highest BCUT2D eigenvalue weighted by atomic mass is 79.9. The fourth-order valence-corrected chi connectivity index (χ4v) is 3.13. The quantitative estimate of drug-likeness (QED) is 0.795. The Hall–Kier alpha value is -1.26. The largest absolute Gasteiger partial charge is 0.293 e. The van der Waals surface area contributed by atoms with E-state index in [9.17, 15) is 9.00 Å². The lowest BCUT2D eigenvalue weighted by Crippen LogP contribution is -2.22. The number of carbonyl (C=O) groups excluding carboxylic acids is 1. The van der Waals surface area contributed by atoms with Crippen LogP contribution in [-0.2, 0) is 10.8 Å². The Balaban J connectivity index is 2.20. The van der Waals surface area contributed by atoms with Gasteiger partial charge in [0.25, 0.3) is 0 Å². The molecule has 0 aliphatic rings. The Morgan fingerprint density at radius 2 is 1.63 bits per heavy atom. The van der Waals surface area contributed by atoms with Crippen molar-refractivity contribution in [1.29, 1.82) is 0 Å². The summed E-state index contributed by atoms with van der Waals surface area (Å²) in [4.78, 5) is 12.9. The molecule has 98 valence electrons. The number of hydrogen-bond donors (Lipinski definition) is 0. The molecule has 0 aliphatic heterocycles. The monoisotopic (exact) mass is 336 g/mol. The number of benzene rings is 2. The van der Waals surface area contributed by atoms with Crippen LogP contribution >= 0.6 is 15.9 Å². The number of rotatable bonds is 4. The zero-order chi connectivity index (χ0) is 13.8. The maximum absolute atomic E-state index is 12.3. The lowest BCUT2D eigenvalue weighted by Gasteiger charge is -2.10. The van der Waals surface area contributed by atoms with Gasteiger partial charge in [0.05, 0.1) is 16.0 Å². The third-order valence-corrected chi connectivity index (χ3v) is 4.92. The van der Waals surface area contributed by atoms with Crippen molar-refractivity contribution < 1.29 is 9.00 Å². The molecule has 0 saturated carbocycles. The smallest absolute Gasteiger partial charge is 0.178 e. The van der Waals surface area contributed by atoms with E-state index >= 15 is 0 Å². The Kier molecular flexibility index (Phi) is 4.66. The standard InChI is InChI=1S/C15H13BrO2S/c1-11(19(18)14-5-3-2-4-6-14)15(17)12-7-9-13(16)10-8-12/h2-11H,1H3. The van der Waals surface area contributed by atoms with Crippen LogP contribution in [0.15, 0.2) is 64.0 Å². The molecular weight excluding hydrogens is 324 g/mol. The van der Waals surface area contributed by atoms with Gasteiger partial charge < -0.3 is 0 Å². The number of halogens is 1. The second-order valence-corrected chi connectivity index (χ2v) is 6.81. The Bertz CT molecular complexity index is 593. The number of carbonyl (C=O) groups is 1. The van der Waals surface area contributed by atoms with Gasteiger partial charge in [0.2, 0.25) is 0 Å². The lowest BCUT2D eigenvalue weighted by molar-refractivity contribution is 0.0992. The predicted molar refractivity (Wildman–Crippen MR) is 80.8 cm³/mol. The molecule has 0 bridgehead atoms. The van der Waals surface area contributed by atoms with Gasteiger partial charge in [-0.25, -0.2) is 0 Å². The van der Waals surface area contributed by atoms with E-state index in [2.05, 4.69) is 15.9 Å². The van der Waals surface area contributed by atoms with Crippen LogP contribution in [0.2, 0.25) is 0 Å². The summed E-state index contributed by atoms with van der Waals surface area (Å²) in [6.07, 6.45) is 0. The summed E-state index contributed by atoms with van der Waals surface area (Å²) in [5, 5.41) is -0.552. The molecule has 0 saturated heterocycles. The lowest BCUT2D eigenvalue weighted by atomic mass is 10.1. The Morgan fingerprint density at radius 1 is 1.05 bits per heavy atom. The summed E-state index contributed by atoms with van der Waals surface area (Å²) in [6, 6.07) is 16.2. The van der Waals surface area contributed by atoms with Gasteiger partial charge in [-0.1, -0.05) is 46.3 Å². The first-order valence-corrected chi connectivity index (χ1v) is 7.85. The van der Waals surface area contributed by atoms with Crippen molar-refractivity contribution in [3.63, 3.8) is 0 Å². The van der Waals surface area contributed by atoms with Gasteiger partial charge in [-0.3, -0.25) is 9.00 Å². The molecule has 0 fully saturated rings. The molecule has 19 heavy (non-hydrogen) atoms. The summed E-state index contributed by atoms with van der Waals surface area (Å²) < 4.78 is 13.2. The van der Waals surface area contributed by atoms with Crippen molar-refractivity contribution in [2.45, 2.75) is 17.1 Å². The Labute approximate surface area is 123 Å². The van der Waals surface area contributed by atoms with Crippen molar-refractivity contribution in [2.75, 3.05) is 0 Å². The van der Waals surface area contributed by atoms with E-state index in [0.717, 1.165) is 4.47 Å². The van der Waals surface area contributed by atoms with Crippen LogP contribution in [0.5, 0.6) is 0 Å². The van der Waals surface area contributed by atoms with E-state index in [1.807, 2.05) is 30.3 Å². The molecule has 0 radical (unpaired) electrons. The third kappa shape index (κ3) is 3.39. The third-order valence-electron chi connectivity index (χ3n) is 2.79. The second-order valence-electron chi connectivity index (χ2n) is 4.12. The molecule has 2 aromatic rings. The van der Waals surface area contributed by atoms with Gasteiger partial charge in [0, 0.05) is 14.9 Å². The molecule has 2 rings (SSSR count). The maximum atomic E-state index is 12.3. The van der Waals surface area contributed by atoms with Crippen molar-refractivity contribution >= 4 is 32.5 Å². The van der Waals surface area contributed by atoms with E-state index in [1.165, 1.54) is 0 Å². The van der Waals surface area contributed by atoms with Crippen molar-refractivity contribution in [3.05, 3.63) is 64.6 Å². The number of ketones is 1. The van der Waals surface area contributed by atoms with E-state index < -0.39 is 16.0 Å². The van der Waals surface area contributed by atoms with Crippen molar-refractivity contribution in [1.82, 2.24) is 0 Å². The fourth-order valence-electron chi connectivity index (χ4n) is 1.70. The van der Waals surface area contributed by atoms with Gasteiger partial charge in [0.1, 0.15) is 0 Å². The minimum Gasteiger partial charge on any atom is -0.293 e. The molecule has 0 aliphatic carbocycles. The summed E-state index contributed by atoms with van der Waals surface area (Å²) in [5.74, 6) is -0.102. The van der Waals surface area contributed by atoms with Gasteiger partial charge in [-0.05, 0) is 31.2 Å². The molecule has 4 heteroatoms. The maximum Gasteiger partial charge on any atom is 0.178 e. The van der Waals surface area contributed by atoms with Crippen LogP contribution in [0.3, 0.4) is 0 Å². The molecule has 2 aromatic carbocycles. The minimum absolute atomic E-state index is 0.102. The highest BCUT2D eigenvalue weighted by Gasteiger charge is 2.22. The van der Waals surface area contributed by atoms with E-state index in [0.29, 0.717) is 10.5 Å². The first-order chi connectivity index (χ1) is 9.09.